The zero-order chi connectivity index (χ0) is 10.7. The number of aromatic amines is 1. The molecule has 0 aromatic carbocycles. The van der Waals surface area contributed by atoms with Crippen LogP contribution >= 0.6 is 0 Å². The molecule has 1 aromatic heterocycles. The smallest absolute Gasteiger partial charge is 0.268 e. The molecule has 0 amide bonds. The maximum Gasteiger partial charge on any atom is 0.268 e. The Bertz CT molecular complexity index is 375. The van der Waals surface area contributed by atoms with Gasteiger partial charge in [0.25, 0.3) is 12.0 Å². The van der Waals surface area contributed by atoms with Crippen molar-refractivity contribution >= 4 is 0 Å². The van der Waals surface area contributed by atoms with Crippen molar-refractivity contribution in [3.8, 4) is 5.75 Å². The number of methoxy groups -OCH3 is 1. The molecule has 1 heterocycles. The number of ether oxygens (including phenoxy) is 1. The van der Waals surface area contributed by atoms with Crippen LogP contribution in [0.15, 0.2) is 11.0 Å². The molecule has 78 valence electrons. The lowest BCUT2D eigenvalue weighted by atomic mass is 10.2. The lowest BCUT2D eigenvalue weighted by Gasteiger charge is -2.10. The third-order valence-corrected chi connectivity index (χ3v) is 1.77. The highest BCUT2D eigenvalue weighted by atomic mass is 19.3. The predicted molar refractivity (Wildman–Crippen MR) is 44.5 cm³/mol. The molecule has 0 radical (unpaired) electrons. The zero-order valence-corrected chi connectivity index (χ0v) is 7.38. The Morgan fingerprint density at radius 3 is 2.71 bits per heavy atom. The van der Waals surface area contributed by atoms with Gasteiger partial charge < -0.3 is 14.8 Å². The van der Waals surface area contributed by atoms with E-state index in [-0.39, 0.29) is 11.3 Å². The summed E-state index contributed by atoms with van der Waals surface area (Å²) in [5, 5.41) is 8.79. The number of hydrogen-bond donors (Lipinski definition) is 2. The Morgan fingerprint density at radius 2 is 2.29 bits per heavy atom. The van der Waals surface area contributed by atoms with Gasteiger partial charge in [-0.05, 0) is 0 Å². The van der Waals surface area contributed by atoms with Crippen molar-refractivity contribution in [3.05, 3.63) is 27.7 Å². The number of halogens is 2. The summed E-state index contributed by atoms with van der Waals surface area (Å²) in [6.45, 7) is -0.640. The molecule has 0 aliphatic carbocycles. The van der Waals surface area contributed by atoms with Crippen LogP contribution in [0, 0.1) is 0 Å². The number of aliphatic hydroxyl groups is 1. The molecule has 0 saturated heterocycles. The molecular weight excluding hydrogens is 196 g/mol. The van der Waals surface area contributed by atoms with Crippen molar-refractivity contribution in [2.24, 2.45) is 0 Å². The summed E-state index contributed by atoms with van der Waals surface area (Å²) < 4.78 is 29.4. The number of hydrogen-bond acceptors (Lipinski definition) is 3. The van der Waals surface area contributed by atoms with Gasteiger partial charge in [-0.1, -0.05) is 0 Å². The van der Waals surface area contributed by atoms with Gasteiger partial charge in [-0.15, -0.1) is 0 Å². The van der Waals surface area contributed by atoms with E-state index >= 15 is 0 Å². The highest BCUT2D eigenvalue weighted by molar-refractivity contribution is 5.39. The molecule has 0 spiro atoms. The van der Waals surface area contributed by atoms with Crippen LogP contribution in [-0.4, -0.2) is 17.2 Å². The first-order chi connectivity index (χ1) is 6.61. The van der Waals surface area contributed by atoms with Gasteiger partial charge in [0.15, 0.2) is 0 Å². The van der Waals surface area contributed by atoms with E-state index < -0.39 is 24.2 Å². The Kier molecular flexibility index (Phi) is 3.19. The van der Waals surface area contributed by atoms with Gasteiger partial charge in [-0.3, -0.25) is 4.79 Å². The summed E-state index contributed by atoms with van der Waals surface area (Å²) >= 11 is 0. The number of aromatic nitrogens is 1. The van der Waals surface area contributed by atoms with Gasteiger partial charge in [-0.25, -0.2) is 8.78 Å². The summed E-state index contributed by atoms with van der Waals surface area (Å²) in [4.78, 5) is 13.2. The van der Waals surface area contributed by atoms with Gasteiger partial charge >= 0.3 is 0 Å². The first-order valence-corrected chi connectivity index (χ1v) is 3.79. The number of pyridine rings is 1. The number of aliphatic hydroxyl groups excluding tert-OH is 1. The van der Waals surface area contributed by atoms with Crippen LogP contribution in [0.1, 0.15) is 17.6 Å². The zero-order valence-electron chi connectivity index (χ0n) is 7.38. The molecule has 14 heavy (non-hydrogen) atoms. The summed E-state index contributed by atoms with van der Waals surface area (Å²) in [5.41, 5.74) is -1.25. The molecule has 1 rings (SSSR count). The van der Waals surface area contributed by atoms with Crippen molar-refractivity contribution in [2.75, 3.05) is 7.11 Å². The average Bonchev–Trinajstić information content (AvgIpc) is 2.16. The summed E-state index contributed by atoms with van der Waals surface area (Å²) in [6.07, 6.45) is -1.88. The third-order valence-electron chi connectivity index (χ3n) is 1.77. The Balaban J connectivity index is 3.40. The lowest BCUT2D eigenvalue weighted by molar-refractivity contribution is 0.145. The molecule has 2 N–H and O–H groups in total. The molecule has 0 unspecified atom stereocenters. The Morgan fingerprint density at radius 1 is 1.64 bits per heavy atom. The fourth-order valence-electron chi connectivity index (χ4n) is 1.12. The Hall–Kier alpha value is -1.43. The molecule has 0 fully saturated rings. The minimum absolute atomic E-state index is 0.190. The second kappa shape index (κ2) is 4.19. The minimum atomic E-state index is -2.76. The predicted octanol–water partition coefficient (Wildman–Crippen LogP) is 0.813. The minimum Gasteiger partial charge on any atom is -0.496 e. The van der Waals surface area contributed by atoms with Crippen molar-refractivity contribution in [1.82, 2.24) is 4.98 Å². The van der Waals surface area contributed by atoms with Gasteiger partial charge in [0.1, 0.15) is 5.75 Å². The standard InChI is InChI=1S/C8H9F2NO3/c1-14-6-4(7(9)10)2-11-8(13)5(6)3-12/h2,7,12H,3H2,1H3,(H,11,13). The molecular formula is C8H9F2NO3. The highest BCUT2D eigenvalue weighted by Gasteiger charge is 2.19. The van der Waals surface area contributed by atoms with Crippen molar-refractivity contribution in [1.29, 1.82) is 0 Å². The lowest BCUT2D eigenvalue weighted by Crippen LogP contribution is -2.15. The second-order valence-corrected chi connectivity index (χ2v) is 2.54. The number of H-pyrrole nitrogens is 1. The fraction of sp³-hybridized carbons (Fsp3) is 0.375. The van der Waals surface area contributed by atoms with Crippen LogP contribution in [-0.2, 0) is 6.61 Å². The first-order valence-electron chi connectivity index (χ1n) is 3.79. The average molecular weight is 205 g/mol. The normalized spacial score (nSPS) is 10.6. The highest BCUT2D eigenvalue weighted by Crippen LogP contribution is 2.29. The molecule has 0 saturated carbocycles. The number of rotatable bonds is 3. The van der Waals surface area contributed by atoms with Crippen LogP contribution in [0.4, 0.5) is 8.78 Å². The van der Waals surface area contributed by atoms with Gasteiger partial charge in [-0.2, -0.15) is 0 Å². The maximum atomic E-state index is 12.4. The van der Waals surface area contributed by atoms with E-state index in [1.807, 2.05) is 0 Å². The molecule has 6 heteroatoms. The van der Waals surface area contributed by atoms with Crippen LogP contribution < -0.4 is 10.3 Å². The van der Waals surface area contributed by atoms with Crippen LogP contribution in [0.3, 0.4) is 0 Å². The number of nitrogens with one attached hydrogen (secondary N) is 1. The van der Waals surface area contributed by atoms with Gasteiger partial charge in [0.05, 0.1) is 24.8 Å². The number of alkyl halides is 2. The van der Waals surface area contributed by atoms with Crippen LogP contribution in [0.5, 0.6) is 5.75 Å². The monoisotopic (exact) mass is 205 g/mol. The molecule has 0 atom stereocenters. The fourth-order valence-corrected chi connectivity index (χ4v) is 1.12. The Labute approximate surface area is 78.1 Å². The van der Waals surface area contributed by atoms with Gasteiger partial charge in [0, 0.05) is 6.20 Å². The van der Waals surface area contributed by atoms with E-state index in [1.165, 1.54) is 7.11 Å². The van der Waals surface area contributed by atoms with Crippen LogP contribution in [0.2, 0.25) is 0 Å². The molecule has 1 aromatic rings. The molecule has 0 aliphatic rings. The van der Waals surface area contributed by atoms with E-state index in [1.54, 1.807) is 0 Å². The summed E-state index contributed by atoms with van der Waals surface area (Å²) in [7, 11) is 1.17. The van der Waals surface area contributed by atoms with E-state index in [0.717, 1.165) is 6.20 Å². The quantitative estimate of drug-likeness (QED) is 0.767. The van der Waals surface area contributed by atoms with Gasteiger partial charge in [0.2, 0.25) is 0 Å². The topological polar surface area (TPSA) is 62.3 Å². The summed E-state index contributed by atoms with van der Waals surface area (Å²) in [5.74, 6) is -0.258. The maximum absolute atomic E-state index is 12.4. The second-order valence-electron chi connectivity index (χ2n) is 2.54. The van der Waals surface area contributed by atoms with E-state index in [0.29, 0.717) is 0 Å². The van der Waals surface area contributed by atoms with Crippen molar-refractivity contribution in [2.45, 2.75) is 13.0 Å². The van der Waals surface area contributed by atoms with E-state index in [9.17, 15) is 13.6 Å². The summed E-state index contributed by atoms with van der Waals surface area (Å²) in [6, 6.07) is 0. The molecule has 0 bridgehead atoms. The van der Waals surface area contributed by atoms with E-state index in [2.05, 4.69) is 9.72 Å². The van der Waals surface area contributed by atoms with Crippen molar-refractivity contribution in [3.63, 3.8) is 0 Å². The third kappa shape index (κ3) is 1.74. The molecule has 0 aliphatic heterocycles. The van der Waals surface area contributed by atoms with E-state index in [4.69, 9.17) is 5.11 Å². The largest absolute Gasteiger partial charge is 0.496 e. The first kappa shape index (κ1) is 10.6. The van der Waals surface area contributed by atoms with Crippen LogP contribution in [0.25, 0.3) is 0 Å². The SMILES string of the molecule is COc1c(C(F)F)c[nH]c(=O)c1CO. The van der Waals surface area contributed by atoms with Crippen molar-refractivity contribution < 1.29 is 18.6 Å². The molecule has 4 nitrogen and oxygen atoms in total.